The van der Waals surface area contributed by atoms with Crippen molar-refractivity contribution in [2.24, 2.45) is 5.92 Å². The van der Waals surface area contributed by atoms with Crippen LogP contribution in [0.15, 0.2) is 0 Å². The zero-order chi connectivity index (χ0) is 11.9. The third-order valence-corrected chi connectivity index (χ3v) is 5.95. The van der Waals surface area contributed by atoms with Crippen LogP contribution in [0, 0.1) is 5.92 Å². The Balaban J connectivity index is 2.07. The monoisotopic (exact) mass is 247 g/mol. The molecule has 6 heteroatoms. The summed E-state index contributed by atoms with van der Waals surface area (Å²) in [4.78, 5) is 10.8. The van der Waals surface area contributed by atoms with Crippen LogP contribution in [0.25, 0.3) is 0 Å². The SMILES string of the molecule is CC1CC(C(=O)O)CCN1S(=O)(=O)C1CC1. The molecule has 0 aromatic rings. The molecule has 0 spiro atoms. The maximum absolute atomic E-state index is 12.0. The molecule has 1 aliphatic heterocycles. The topological polar surface area (TPSA) is 74.7 Å². The van der Waals surface area contributed by atoms with Crippen molar-refractivity contribution < 1.29 is 18.3 Å². The van der Waals surface area contributed by atoms with Gasteiger partial charge in [0.15, 0.2) is 0 Å². The third-order valence-electron chi connectivity index (χ3n) is 3.44. The molecule has 2 aliphatic rings. The second kappa shape index (κ2) is 4.00. The molecule has 0 amide bonds. The molecule has 2 fully saturated rings. The number of piperidine rings is 1. The normalized spacial score (nSPS) is 32.6. The van der Waals surface area contributed by atoms with E-state index in [-0.39, 0.29) is 17.2 Å². The Bertz CT molecular complexity index is 388. The molecule has 1 saturated carbocycles. The summed E-state index contributed by atoms with van der Waals surface area (Å²) in [5, 5.41) is 8.70. The summed E-state index contributed by atoms with van der Waals surface area (Å²) in [5.74, 6) is -1.20. The van der Waals surface area contributed by atoms with Crippen LogP contribution in [0.1, 0.15) is 32.6 Å². The minimum Gasteiger partial charge on any atom is -0.481 e. The first kappa shape index (κ1) is 11.9. The number of hydrogen-bond donors (Lipinski definition) is 1. The zero-order valence-electron chi connectivity index (χ0n) is 9.30. The number of nitrogens with zero attached hydrogens (tertiary/aromatic N) is 1. The molecule has 0 radical (unpaired) electrons. The molecule has 92 valence electrons. The predicted molar refractivity (Wildman–Crippen MR) is 58.5 cm³/mol. The molecule has 1 N–H and O–H groups in total. The highest BCUT2D eigenvalue weighted by atomic mass is 32.2. The second-order valence-electron chi connectivity index (χ2n) is 4.76. The molecule has 2 unspecified atom stereocenters. The Morgan fingerprint density at radius 2 is 1.94 bits per heavy atom. The molecular formula is C10H17NO4S. The first-order chi connectivity index (χ1) is 7.43. The van der Waals surface area contributed by atoms with Crippen LogP contribution >= 0.6 is 0 Å². The number of rotatable bonds is 3. The van der Waals surface area contributed by atoms with Crippen LogP contribution in [0.5, 0.6) is 0 Å². The van der Waals surface area contributed by atoms with Crippen LogP contribution in [-0.4, -0.2) is 41.6 Å². The average Bonchev–Trinajstić information content (AvgIpc) is 2.99. The highest BCUT2D eigenvalue weighted by Crippen LogP contribution is 2.35. The Morgan fingerprint density at radius 1 is 1.31 bits per heavy atom. The Hall–Kier alpha value is -0.620. The van der Waals surface area contributed by atoms with E-state index >= 15 is 0 Å². The fourth-order valence-electron chi connectivity index (χ4n) is 2.31. The van der Waals surface area contributed by atoms with Gasteiger partial charge in [-0.25, -0.2) is 8.42 Å². The zero-order valence-corrected chi connectivity index (χ0v) is 10.1. The minimum atomic E-state index is -3.15. The summed E-state index contributed by atoms with van der Waals surface area (Å²) in [6.45, 7) is 2.16. The molecule has 16 heavy (non-hydrogen) atoms. The van der Waals surface area contributed by atoms with Gasteiger partial charge >= 0.3 is 5.97 Å². The van der Waals surface area contributed by atoms with Crippen molar-refractivity contribution in [1.82, 2.24) is 4.31 Å². The van der Waals surface area contributed by atoms with Crippen LogP contribution < -0.4 is 0 Å². The average molecular weight is 247 g/mol. The highest BCUT2D eigenvalue weighted by Gasteiger charge is 2.44. The number of hydrogen-bond acceptors (Lipinski definition) is 3. The first-order valence-electron chi connectivity index (χ1n) is 5.66. The summed E-state index contributed by atoms with van der Waals surface area (Å²) in [5.41, 5.74) is 0. The smallest absolute Gasteiger partial charge is 0.306 e. The van der Waals surface area contributed by atoms with E-state index in [1.807, 2.05) is 0 Å². The van der Waals surface area contributed by atoms with Crippen LogP contribution in [0.3, 0.4) is 0 Å². The van der Waals surface area contributed by atoms with E-state index in [4.69, 9.17) is 5.11 Å². The number of carboxylic acids is 1. The van der Waals surface area contributed by atoms with E-state index in [0.29, 0.717) is 19.4 Å². The second-order valence-corrected chi connectivity index (χ2v) is 6.93. The van der Waals surface area contributed by atoms with Gasteiger partial charge in [-0.05, 0) is 32.6 Å². The molecular weight excluding hydrogens is 230 g/mol. The van der Waals surface area contributed by atoms with Gasteiger partial charge in [0.05, 0.1) is 11.2 Å². The van der Waals surface area contributed by atoms with E-state index in [2.05, 4.69) is 0 Å². The van der Waals surface area contributed by atoms with Gasteiger partial charge < -0.3 is 5.11 Å². The number of sulfonamides is 1. The largest absolute Gasteiger partial charge is 0.481 e. The highest BCUT2D eigenvalue weighted by molar-refractivity contribution is 7.90. The number of aliphatic carboxylic acids is 1. The van der Waals surface area contributed by atoms with Gasteiger partial charge in [0, 0.05) is 12.6 Å². The maximum Gasteiger partial charge on any atom is 0.306 e. The Labute approximate surface area is 95.5 Å². The van der Waals surface area contributed by atoms with Gasteiger partial charge in [0.2, 0.25) is 10.0 Å². The van der Waals surface area contributed by atoms with Crippen molar-refractivity contribution in [3.8, 4) is 0 Å². The molecule has 1 saturated heterocycles. The van der Waals surface area contributed by atoms with Gasteiger partial charge in [0.1, 0.15) is 0 Å². The summed E-state index contributed by atoms with van der Waals surface area (Å²) in [6.07, 6.45) is 2.38. The van der Waals surface area contributed by atoms with E-state index < -0.39 is 16.0 Å². The van der Waals surface area contributed by atoms with Gasteiger partial charge in [-0.3, -0.25) is 4.79 Å². The molecule has 1 heterocycles. The molecule has 2 rings (SSSR count). The number of carbonyl (C=O) groups is 1. The van der Waals surface area contributed by atoms with Crippen molar-refractivity contribution in [2.75, 3.05) is 6.54 Å². The fraction of sp³-hybridized carbons (Fsp3) is 0.900. The van der Waals surface area contributed by atoms with E-state index in [9.17, 15) is 13.2 Å². The van der Waals surface area contributed by atoms with Gasteiger partial charge in [0.25, 0.3) is 0 Å². The van der Waals surface area contributed by atoms with E-state index in [1.54, 1.807) is 6.92 Å². The molecule has 5 nitrogen and oxygen atoms in total. The third kappa shape index (κ3) is 2.08. The molecule has 2 atom stereocenters. The summed E-state index contributed by atoms with van der Waals surface area (Å²) in [6, 6.07) is -0.180. The standard InChI is InChI=1S/C10H17NO4S/c1-7-6-8(10(12)13)4-5-11(7)16(14,15)9-2-3-9/h7-9H,2-6H2,1H3,(H,12,13). The quantitative estimate of drug-likeness (QED) is 0.795. The lowest BCUT2D eigenvalue weighted by molar-refractivity contribution is -0.143. The lowest BCUT2D eigenvalue weighted by Crippen LogP contribution is -2.47. The van der Waals surface area contributed by atoms with Gasteiger partial charge in [-0.15, -0.1) is 0 Å². The molecule has 1 aliphatic carbocycles. The van der Waals surface area contributed by atoms with Crippen molar-refractivity contribution in [2.45, 2.75) is 43.9 Å². The predicted octanol–water partition coefficient (Wildman–Crippen LogP) is 0.664. The Kier molecular flexibility index (Phi) is 2.96. The van der Waals surface area contributed by atoms with E-state index in [1.165, 1.54) is 4.31 Å². The lowest BCUT2D eigenvalue weighted by Gasteiger charge is -2.35. The lowest BCUT2D eigenvalue weighted by atomic mass is 9.93. The van der Waals surface area contributed by atoms with Gasteiger partial charge in [-0.1, -0.05) is 0 Å². The van der Waals surface area contributed by atoms with Crippen molar-refractivity contribution in [3.63, 3.8) is 0 Å². The molecule has 0 bridgehead atoms. The maximum atomic E-state index is 12.0. The van der Waals surface area contributed by atoms with Crippen LogP contribution in [-0.2, 0) is 14.8 Å². The Morgan fingerprint density at radius 3 is 2.38 bits per heavy atom. The van der Waals surface area contributed by atoms with Crippen molar-refractivity contribution in [3.05, 3.63) is 0 Å². The fourth-order valence-corrected chi connectivity index (χ4v) is 4.37. The van der Waals surface area contributed by atoms with Gasteiger partial charge in [-0.2, -0.15) is 4.31 Å². The van der Waals surface area contributed by atoms with Crippen molar-refractivity contribution >= 4 is 16.0 Å². The van der Waals surface area contributed by atoms with E-state index in [0.717, 1.165) is 12.8 Å². The van der Waals surface area contributed by atoms with Crippen LogP contribution in [0.4, 0.5) is 0 Å². The minimum absolute atomic E-state index is 0.180. The van der Waals surface area contributed by atoms with Crippen molar-refractivity contribution in [1.29, 1.82) is 0 Å². The number of carboxylic acid groups (broad SMARTS) is 1. The summed E-state index contributed by atoms with van der Waals surface area (Å²) >= 11 is 0. The first-order valence-corrected chi connectivity index (χ1v) is 7.16. The summed E-state index contributed by atoms with van der Waals surface area (Å²) < 4.78 is 25.5. The van der Waals surface area contributed by atoms with Crippen LogP contribution in [0.2, 0.25) is 0 Å². The summed E-state index contributed by atoms with van der Waals surface area (Å²) in [7, 11) is -3.15. The molecule has 0 aromatic carbocycles. The molecule has 0 aromatic heterocycles.